The third-order valence-corrected chi connectivity index (χ3v) is 9.69. The summed E-state index contributed by atoms with van der Waals surface area (Å²) < 4.78 is 35.4. The first-order chi connectivity index (χ1) is 18.4. The number of nitrogens with one attached hydrogen (secondary N) is 1. The van der Waals surface area contributed by atoms with Gasteiger partial charge in [-0.25, -0.2) is 18.6 Å². The minimum absolute atomic E-state index is 0.0137. The number of rotatable bonds is 11. The van der Waals surface area contributed by atoms with E-state index in [9.17, 15) is 18.4 Å². The molecule has 3 heterocycles. The lowest BCUT2D eigenvalue weighted by Crippen LogP contribution is -2.33. The first kappa shape index (κ1) is 26.0. The average molecular weight is 555 g/mol. The third-order valence-electron chi connectivity index (χ3n) is 6.21. The zero-order chi connectivity index (χ0) is 26.7. The van der Waals surface area contributed by atoms with Crippen LogP contribution >= 0.6 is 11.3 Å². The summed E-state index contributed by atoms with van der Waals surface area (Å²) in [5.41, 5.74) is 3.61. The van der Waals surface area contributed by atoms with E-state index in [1.54, 1.807) is 49.2 Å². The molecule has 1 aliphatic carbocycles. The van der Waals surface area contributed by atoms with Crippen molar-refractivity contribution in [2.45, 2.75) is 42.1 Å². The van der Waals surface area contributed by atoms with E-state index in [0.717, 1.165) is 23.3 Å². The predicted molar refractivity (Wildman–Crippen MR) is 139 cm³/mol. The van der Waals surface area contributed by atoms with E-state index in [4.69, 9.17) is 4.74 Å². The molecule has 0 aliphatic heterocycles. The second kappa shape index (κ2) is 11.0. The van der Waals surface area contributed by atoms with Crippen molar-refractivity contribution in [2.24, 2.45) is 0 Å². The van der Waals surface area contributed by atoms with Gasteiger partial charge in [-0.1, -0.05) is 23.4 Å². The Bertz CT molecular complexity index is 1500. The van der Waals surface area contributed by atoms with Crippen LogP contribution in [0.4, 0.5) is 0 Å². The van der Waals surface area contributed by atoms with Crippen molar-refractivity contribution in [2.75, 3.05) is 7.11 Å². The van der Waals surface area contributed by atoms with Gasteiger partial charge in [-0.15, -0.1) is 16.4 Å². The highest BCUT2D eigenvalue weighted by molar-refractivity contribution is 7.91. The highest BCUT2D eigenvalue weighted by atomic mass is 32.2. The van der Waals surface area contributed by atoms with Gasteiger partial charge >= 0.3 is 0 Å². The van der Waals surface area contributed by atoms with Crippen molar-refractivity contribution in [1.29, 1.82) is 0 Å². The molecule has 2 N–H and O–H groups in total. The van der Waals surface area contributed by atoms with Gasteiger partial charge in [-0.3, -0.25) is 15.0 Å². The number of carbonyl (C=O) groups is 1. The lowest BCUT2D eigenvalue weighted by Gasteiger charge is -2.19. The van der Waals surface area contributed by atoms with Gasteiger partial charge in [0.05, 0.1) is 36.1 Å². The van der Waals surface area contributed by atoms with Gasteiger partial charge in [-0.2, -0.15) is 4.31 Å². The number of aromatic nitrogens is 4. The van der Waals surface area contributed by atoms with E-state index in [1.165, 1.54) is 20.3 Å². The molecule has 1 atom stereocenters. The van der Waals surface area contributed by atoms with Crippen molar-refractivity contribution < 1.29 is 23.2 Å². The van der Waals surface area contributed by atoms with Crippen LogP contribution in [0.25, 0.3) is 10.6 Å². The molecule has 3 aromatic heterocycles. The molecular formula is C25H26N6O5S2. The van der Waals surface area contributed by atoms with Crippen LogP contribution in [-0.2, 0) is 27.8 Å². The molecule has 0 spiro atoms. The van der Waals surface area contributed by atoms with Crippen LogP contribution in [0, 0.1) is 0 Å². The second-order valence-corrected chi connectivity index (χ2v) is 12.1. The number of amides is 1. The second-order valence-electron chi connectivity index (χ2n) is 8.85. The number of pyridine rings is 1. The molecule has 1 aliphatic rings. The lowest BCUT2D eigenvalue weighted by molar-refractivity contribution is -0.133. The summed E-state index contributed by atoms with van der Waals surface area (Å²) in [4.78, 5) is 17.5. The van der Waals surface area contributed by atoms with Gasteiger partial charge in [0.15, 0.2) is 0 Å². The Balaban J connectivity index is 1.36. The van der Waals surface area contributed by atoms with Crippen molar-refractivity contribution in [3.05, 3.63) is 78.2 Å². The Morgan fingerprint density at radius 3 is 2.66 bits per heavy atom. The van der Waals surface area contributed by atoms with Crippen LogP contribution in [0.5, 0.6) is 5.75 Å². The molecule has 4 aromatic rings. The maximum absolute atomic E-state index is 13.6. The third kappa shape index (κ3) is 5.60. The Labute approximate surface area is 223 Å². The quantitative estimate of drug-likeness (QED) is 0.213. The molecule has 5 rings (SSSR count). The number of nitrogens with zero attached hydrogens (tertiary/aromatic N) is 5. The predicted octanol–water partition coefficient (Wildman–Crippen LogP) is 3.05. The number of benzene rings is 1. The summed E-state index contributed by atoms with van der Waals surface area (Å²) in [6, 6.07) is 15.0. The van der Waals surface area contributed by atoms with Gasteiger partial charge in [0.25, 0.3) is 15.9 Å². The van der Waals surface area contributed by atoms with Crippen LogP contribution in [-0.4, -0.2) is 57.0 Å². The Hall–Kier alpha value is -3.65. The molecule has 13 heteroatoms. The maximum atomic E-state index is 13.6. The molecule has 1 saturated carbocycles. The summed E-state index contributed by atoms with van der Waals surface area (Å²) >= 11 is 1.17. The van der Waals surface area contributed by atoms with Gasteiger partial charge in [-0.05, 0) is 54.8 Å². The molecule has 0 saturated heterocycles. The van der Waals surface area contributed by atoms with E-state index < -0.39 is 22.0 Å². The fourth-order valence-electron chi connectivity index (χ4n) is 4.06. The summed E-state index contributed by atoms with van der Waals surface area (Å²) in [5.74, 6) is 0.0174. The number of methoxy groups -OCH3 is 1. The van der Waals surface area contributed by atoms with Gasteiger partial charge in [0.2, 0.25) is 0 Å². The lowest BCUT2D eigenvalue weighted by atomic mass is 10.1. The fourth-order valence-corrected chi connectivity index (χ4v) is 7.13. The van der Waals surface area contributed by atoms with Crippen LogP contribution < -0.4 is 10.2 Å². The summed E-state index contributed by atoms with van der Waals surface area (Å²) in [5, 5.41) is 17.5. The summed E-state index contributed by atoms with van der Waals surface area (Å²) in [7, 11) is -2.23. The minimum atomic E-state index is -3.79. The molecule has 38 heavy (non-hydrogen) atoms. The number of hydrogen-bond donors (Lipinski definition) is 2. The van der Waals surface area contributed by atoms with E-state index in [2.05, 4.69) is 15.3 Å². The molecular weight excluding hydrogens is 528 g/mol. The number of hydrogen-bond acceptors (Lipinski definition) is 9. The van der Waals surface area contributed by atoms with E-state index in [-0.39, 0.29) is 23.2 Å². The van der Waals surface area contributed by atoms with Crippen molar-refractivity contribution in [1.82, 2.24) is 29.8 Å². The number of thiophene rings is 1. The molecule has 1 amide bonds. The molecule has 0 radical (unpaired) electrons. The zero-order valence-corrected chi connectivity index (χ0v) is 22.1. The summed E-state index contributed by atoms with van der Waals surface area (Å²) in [6.45, 7) is 0.0137. The van der Waals surface area contributed by atoms with Crippen molar-refractivity contribution in [3.8, 4) is 16.3 Å². The maximum Gasteiger partial charge on any atom is 0.268 e. The SMILES string of the molecule is COc1ccc(C[C@@H](C(=O)NO)n2cc(CN(C3CC3)S(=O)(=O)c3ccc(-c4ccccn4)s3)nn2)cc1. The Kier molecular flexibility index (Phi) is 7.51. The van der Waals surface area contributed by atoms with Crippen LogP contribution in [0.1, 0.15) is 30.1 Å². The minimum Gasteiger partial charge on any atom is -0.497 e. The molecule has 198 valence electrons. The van der Waals surface area contributed by atoms with Gasteiger partial charge in [0, 0.05) is 18.7 Å². The van der Waals surface area contributed by atoms with Gasteiger partial charge < -0.3 is 4.74 Å². The fraction of sp³-hybridized carbons (Fsp3) is 0.280. The number of carbonyl (C=O) groups excluding carboxylic acids is 1. The first-order valence-electron chi connectivity index (χ1n) is 11.9. The number of sulfonamides is 1. The molecule has 1 fully saturated rings. The molecule has 0 unspecified atom stereocenters. The van der Waals surface area contributed by atoms with Gasteiger partial charge in [0.1, 0.15) is 16.0 Å². The topological polar surface area (TPSA) is 140 Å². The number of ether oxygens (including phenoxy) is 1. The largest absolute Gasteiger partial charge is 0.497 e. The Morgan fingerprint density at radius 2 is 2.00 bits per heavy atom. The van der Waals surface area contributed by atoms with E-state index in [1.807, 2.05) is 30.3 Å². The van der Waals surface area contributed by atoms with Crippen LogP contribution in [0.2, 0.25) is 0 Å². The van der Waals surface area contributed by atoms with E-state index in [0.29, 0.717) is 17.1 Å². The monoisotopic (exact) mass is 554 g/mol. The standard InChI is InChI=1S/C25H26N6O5S2/c1-36-20-9-5-17(6-10-20)14-22(25(32)28-33)30-15-18(27-29-30)16-31(19-7-8-19)38(34,35)24-12-11-23(37-24)21-4-2-3-13-26-21/h2-6,9-13,15,19,22,33H,7-8,14,16H2,1H3,(H,28,32)/t22-/m0/s1. The molecule has 1 aromatic carbocycles. The Morgan fingerprint density at radius 1 is 1.21 bits per heavy atom. The highest BCUT2D eigenvalue weighted by Crippen LogP contribution is 2.37. The smallest absolute Gasteiger partial charge is 0.268 e. The zero-order valence-electron chi connectivity index (χ0n) is 20.5. The van der Waals surface area contributed by atoms with Crippen LogP contribution in [0.3, 0.4) is 0 Å². The summed E-state index contributed by atoms with van der Waals surface area (Å²) in [6.07, 6.45) is 4.97. The highest BCUT2D eigenvalue weighted by Gasteiger charge is 2.39. The van der Waals surface area contributed by atoms with Crippen molar-refractivity contribution >= 4 is 27.3 Å². The van der Waals surface area contributed by atoms with E-state index >= 15 is 0 Å². The normalized spacial score (nSPS) is 14.4. The van der Waals surface area contributed by atoms with Crippen LogP contribution in [0.15, 0.2) is 71.2 Å². The first-order valence-corrected chi connectivity index (χ1v) is 14.2. The van der Waals surface area contributed by atoms with Crippen molar-refractivity contribution in [3.63, 3.8) is 0 Å². The molecule has 0 bridgehead atoms. The average Bonchev–Trinajstić information content (AvgIpc) is 3.45. The number of hydroxylamine groups is 1. The molecule has 11 nitrogen and oxygen atoms in total.